The van der Waals surface area contributed by atoms with Crippen LogP contribution in [0.4, 0.5) is 0 Å². The van der Waals surface area contributed by atoms with Crippen molar-refractivity contribution in [3.05, 3.63) is 34.2 Å². The van der Waals surface area contributed by atoms with Crippen molar-refractivity contribution in [2.24, 2.45) is 4.52 Å². The Labute approximate surface area is 140 Å². The van der Waals surface area contributed by atoms with Crippen LogP contribution >= 0.6 is 0 Å². The molecule has 0 atom stereocenters. The fourth-order valence-electron chi connectivity index (χ4n) is 2.81. The molecule has 1 fully saturated rings. The van der Waals surface area contributed by atoms with E-state index in [1.807, 2.05) is 18.2 Å². The molecule has 0 saturated carbocycles. The maximum atomic E-state index is 11.4. The fraction of sp³-hybridized carbons (Fsp3) is 0.571. The molecule has 130 valence electrons. The summed E-state index contributed by atoms with van der Waals surface area (Å²) in [5.41, 5.74) is 9.38. The number of piperazine rings is 1. The van der Waals surface area contributed by atoms with E-state index in [2.05, 4.69) is 19.2 Å². The molecule has 0 spiro atoms. The summed E-state index contributed by atoms with van der Waals surface area (Å²) in [6.45, 7) is 4.77. The lowest BCUT2D eigenvalue weighted by Gasteiger charge is -2.34. The molecular formula is C14H19N5O4S. The quantitative estimate of drug-likeness (QED) is 0.431. The second kappa shape index (κ2) is 7.27. The maximum absolute atomic E-state index is 11.4. The zero-order valence-corrected chi connectivity index (χ0v) is 14.0. The topological polar surface area (TPSA) is 108 Å². The van der Waals surface area contributed by atoms with E-state index in [4.69, 9.17) is 15.0 Å². The molecule has 2 heterocycles. The van der Waals surface area contributed by atoms with E-state index in [-0.39, 0.29) is 12.5 Å². The zero-order valence-electron chi connectivity index (χ0n) is 13.2. The van der Waals surface area contributed by atoms with Gasteiger partial charge in [-0.1, -0.05) is 6.07 Å². The van der Waals surface area contributed by atoms with Gasteiger partial charge in [-0.05, 0) is 23.2 Å². The molecule has 0 amide bonds. The third kappa shape index (κ3) is 4.30. The minimum atomic E-state index is -3.67. The zero-order chi connectivity index (χ0) is 17.0. The van der Waals surface area contributed by atoms with Crippen molar-refractivity contribution in [2.45, 2.75) is 6.54 Å². The highest BCUT2D eigenvalue weighted by molar-refractivity contribution is 7.90. The molecule has 9 nitrogen and oxygen atoms in total. The normalized spacial score (nSPS) is 18.3. The lowest BCUT2D eigenvalue weighted by atomic mass is 10.1. The van der Waals surface area contributed by atoms with E-state index in [0.29, 0.717) is 6.54 Å². The van der Waals surface area contributed by atoms with Gasteiger partial charge in [0.25, 0.3) is 0 Å². The van der Waals surface area contributed by atoms with Crippen LogP contribution in [0, 0.1) is 0 Å². The van der Waals surface area contributed by atoms with Gasteiger partial charge in [-0.25, -0.2) is 8.42 Å². The summed E-state index contributed by atoms with van der Waals surface area (Å²) in [7, 11) is -3.67. The van der Waals surface area contributed by atoms with Crippen LogP contribution in [-0.4, -0.2) is 63.5 Å². The third-order valence-electron chi connectivity index (χ3n) is 4.13. The predicted octanol–water partition coefficient (Wildman–Crippen LogP) is 1.17. The Hall–Kier alpha value is -2.00. The van der Waals surface area contributed by atoms with Crippen molar-refractivity contribution < 1.29 is 17.9 Å². The Bertz CT molecular complexity index is 740. The van der Waals surface area contributed by atoms with E-state index in [0.717, 1.165) is 44.2 Å². The van der Waals surface area contributed by atoms with Crippen molar-refractivity contribution in [1.29, 1.82) is 0 Å². The Morgan fingerprint density at radius 3 is 2.58 bits per heavy atom. The van der Waals surface area contributed by atoms with Crippen molar-refractivity contribution >= 4 is 10.0 Å². The monoisotopic (exact) mass is 353 g/mol. The van der Waals surface area contributed by atoms with Crippen LogP contribution in [0.3, 0.4) is 0 Å². The number of rotatable bonds is 6. The first kappa shape index (κ1) is 16.8. The fourth-order valence-corrected chi connectivity index (χ4v) is 3.49. The third-order valence-corrected chi connectivity index (χ3v) is 5.15. The molecule has 2 aliphatic heterocycles. The molecule has 2 aliphatic rings. The van der Waals surface area contributed by atoms with Gasteiger partial charge in [0.2, 0.25) is 16.8 Å². The van der Waals surface area contributed by atoms with E-state index in [1.54, 1.807) is 0 Å². The number of ether oxygens (including phenoxy) is 2. The average Bonchev–Trinajstić information content (AvgIpc) is 3.02. The molecule has 0 aromatic heterocycles. The highest BCUT2D eigenvalue weighted by atomic mass is 32.2. The lowest BCUT2D eigenvalue weighted by Crippen LogP contribution is -2.47. The molecule has 0 aliphatic carbocycles. The van der Waals surface area contributed by atoms with E-state index in [9.17, 15) is 8.42 Å². The van der Waals surface area contributed by atoms with Gasteiger partial charge < -0.3 is 9.47 Å². The molecule has 1 saturated heterocycles. The van der Waals surface area contributed by atoms with E-state index < -0.39 is 10.0 Å². The van der Waals surface area contributed by atoms with Crippen LogP contribution in [0.25, 0.3) is 10.4 Å². The molecule has 1 aromatic rings. The van der Waals surface area contributed by atoms with Crippen LogP contribution in [-0.2, 0) is 16.6 Å². The van der Waals surface area contributed by atoms with Crippen LogP contribution in [0.2, 0.25) is 0 Å². The summed E-state index contributed by atoms with van der Waals surface area (Å²) in [5, 5.41) is 0. The molecule has 24 heavy (non-hydrogen) atoms. The molecule has 10 heteroatoms. The Balaban J connectivity index is 1.46. The van der Waals surface area contributed by atoms with Gasteiger partial charge in [0, 0.05) is 48.7 Å². The maximum Gasteiger partial charge on any atom is 0.236 e. The number of hydrogen-bond acceptors (Lipinski definition) is 6. The largest absolute Gasteiger partial charge is 0.454 e. The summed E-state index contributed by atoms with van der Waals surface area (Å²) < 4.78 is 36.3. The Morgan fingerprint density at radius 2 is 1.83 bits per heavy atom. The Morgan fingerprint density at radius 1 is 1.12 bits per heavy atom. The number of azide groups is 1. The lowest BCUT2D eigenvalue weighted by molar-refractivity contribution is 0.132. The summed E-state index contributed by atoms with van der Waals surface area (Å²) in [6.07, 6.45) is 0. The first-order valence-corrected chi connectivity index (χ1v) is 9.29. The molecule has 0 N–H and O–H groups in total. The Kier molecular flexibility index (Phi) is 5.10. The van der Waals surface area contributed by atoms with Crippen LogP contribution in [0.5, 0.6) is 11.5 Å². The van der Waals surface area contributed by atoms with Crippen molar-refractivity contribution in [2.75, 3.05) is 45.3 Å². The van der Waals surface area contributed by atoms with Gasteiger partial charge in [0.05, 0.1) is 5.75 Å². The first-order chi connectivity index (χ1) is 11.6. The summed E-state index contributed by atoms with van der Waals surface area (Å²) >= 11 is 0. The SMILES string of the molecule is [N-]=[N+]=NS(=O)(=O)CCN1CCN(Cc2ccc3c(c2)OCO3)CC1. The summed E-state index contributed by atoms with van der Waals surface area (Å²) in [5.74, 6) is 1.43. The predicted molar refractivity (Wildman–Crippen MR) is 87.2 cm³/mol. The molecule has 0 unspecified atom stereocenters. The highest BCUT2D eigenvalue weighted by Crippen LogP contribution is 2.32. The van der Waals surface area contributed by atoms with Gasteiger partial charge >= 0.3 is 0 Å². The average molecular weight is 353 g/mol. The van der Waals surface area contributed by atoms with Gasteiger partial charge in [-0.15, -0.1) is 0 Å². The number of hydrogen-bond donors (Lipinski definition) is 0. The smallest absolute Gasteiger partial charge is 0.236 e. The summed E-state index contributed by atoms with van der Waals surface area (Å²) in [4.78, 5) is 6.73. The minimum Gasteiger partial charge on any atom is -0.454 e. The van der Waals surface area contributed by atoms with Gasteiger partial charge in [-0.2, -0.15) is 0 Å². The molecule has 1 aromatic carbocycles. The van der Waals surface area contributed by atoms with E-state index in [1.165, 1.54) is 5.56 Å². The van der Waals surface area contributed by atoms with Crippen molar-refractivity contribution in [1.82, 2.24) is 9.80 Å². The minimum absolute atomic E-state index is 0.140. The second-order valence-corrected chi connectivity index (χ2v) is 7.50. The second-order valence-electron chi connectivity index (χ2n) is 5.76. The van der Waals surface area contributed by atoms with Crippen molar-refractivity contribution in [3.8, 4) is 11.5 Å². The molecular weight excluding hydrogens is 334 g/mol. The standard InChI is InChI=1S/C14H19N5O4S/c15-16-17-24(20,21)8-7-18-3-5-19(6-4-18)10-12-1-2-13-14(9-12)23-11-22-13/h1-2,9H,3-8,10-11H2. The van der Waals surface area contributed by atoms with Gasteiger partial charge in [-0.3, -0.25) is 9.80 Å². The van der Waals surface area contributed by atoms with Crippen LogP contribution in [0.1, 0.15) is 5.56 Å². The molecule has 0 bridgehead atoms. The first-order valence-electron chi connectivity index (χ1n) is 7.68. The number of fused-ring (bicyclic) bond motifs is 1. The number of sulfonamides is 1. The van der Waals surface area contributed by atoms with Gasteiger partial charge in [0.15, 0.2) is 11.5 Å². The molecule has 0 radical (unpaired) electrons. The number of benzene rings is 1. The van der Waals surface area contributed by atoms with Crippen LogP contribution < -0.4 is 9.47 Å². The highest BCUT2D eigenvalue weighted by Gasteiger charge is 2.20. The van der Waals surface area contributed by atoms with Crippen LogP contribution in [0.15, 0.2) is 22.7 Å². The molecule has 3 rings (SSSR count). The van der Waals surface area contributed by atoms with Gasteiger partial charge in [0.1, 0.15) is 0 Å². The number of nitrogens with zero attached hydrogens (tertiary/aromatic N) is 5. The van der Waals surface area contributed by atoms with E-state index >= 15 is 0 Å². The summed E-state index contributed by atoms with van der Waals surface area (Å²) in [6, 6.07) is 5.96. The van der Waals surface area contributed by atoms with Crippen molar-refractivity contribution in [3.63, 3.8) is 0 Å².